The van der Waals surface area contributed by atoms with Crippen LogP contribution < -0.4 is 10.1 Å². The van der Waals surface area contributed by atoms with Gasteiger partial charge in [-0.2, -0.15) is 0 Å². The first-order valence-corrected chi connectivity index (χ1v) is 9.79. The highest BCUT2D eigenvalue weighted by Gasteiger charge is 2.27. The van der Waals surface area contributed by atoms with Crippen molar-refractivity contribution in [2.24, 2.45) is 0 Å². The van der Waals surface area contributed by atoms with Crippen molar-refractivity contribution < 1.29 is 28.2 Å². The average molecular weight is 429 g/mol. The molecule has 1 fully saturated rings. The molecule has 9 heteroatoms. The summed E-state index contributed by atoms with van der Waals surface area (Å²) in [7, 11) is 1.50. The van der Waals surface area contributed by atoms with Crippen LogP contribution in [0.2, 0.25) is 0 Å². The third-order valence-electron chi connectivity index (χ3n) is 5.22. The van der Waals surface area contributed by atoms with Gasteiger partial charge in [0.15, 0.2) is 0 Å². The van der Waals surface area contributed by atoms with Gasteiger partial charge in [0.05, 0.1) is 25.9 Å². The number of halogens is 2. The molecule has 1 aromatic carbocycles. The van der Waals surface area contributed by atoms with E-state index in [0.29, 0.717) is 24.5 Å². The molecule has 2 aromatic heterocycles. The van der Waals surface area contributed by atoms with Gasteiger partial charge in [-0.3, -0.25) is 4.79 Å². The molecule has 0 bridgehead atoms. The van der Waals surface area contributed by atoms with E-state index in [2.05, 4.69) is 15.3 Å². The van der Waals surface area contributed by atoms with Crippen molar-refractivity contribution in [1.82, 2.24) is 15.3 Å². The van der Waals surface area contributed by atoms with E-state index in [9.17, 15) is 18.7 Å². The van der Waals surface area contributed by atoms with Gasteiger partial charge in [0.1, 0.15) is 22.8 Å². The van der Waals surface area contributed by atoms with E-state index in [1.807, 2.05) is 0 Å². The van der Waals surface area contributed by atoms with Crippen molar-refractivity contribution in [3.05, 3.63) is 65.0 Å². The van der Waals surface area contributed by atoms with Crippen LogP contribution in [0.3, 0.4) is 0 Å². The van der Waals surface area contributed by atoms with Crippen LogP contribution in [0.25, 0.3) is 10.9 Å². The van der Waals surface area contributed by atoms with Gasteiger partial charge in [-0.05, 0) is 42.2 Å². The molecular weight excluding hydrogens is 408 g/mol. The number of benzene rings is 1. The van der Waals surface area contributed by atoms with E-state index in [0.717, 1.165) is 17.7 Å². The molecule has 2 unspecified atom stereocenters. The summed E-state index contributed by atoms with van der Waals surface area (Å²) in [5.41, 5.74) is 0.832. The third-order valence-corrected chi connectivity index (χ3v) is 5.22. The number of nitrogens with zero attached hydrogens (tertiary/aromatic N) is 2. The number of carbonyl (C=O) groups excluding carboxylic acids is 1. The number of aliphatic hydroxyl groups is 1. The number of aromatic nitrogens is 2. The smallest absolute Gasteiger partial charge is 0.270 e. The van der Waals surface area contributed by atoms with Gasteiger partial charge in [0.2, 0.25) is 5.88 Å². The number of amides is 1. The maximum atomic E-state index is 14.6. The first-order valence-electron chi connectivity index (χ1n) is 9.79. The standard InChI is InChI=1S/C22H21F2N3O4/c1-30-19-5-2-12(10-25-19)8-13-9-17(22(29)27-16-6-7-31-11-18(16)28)26-21-15(24)4-3-14(23)20(13)21/h2-5,9-10,16,18,28H,6-8,11H2,1H3,(H,27,29). The SMILES string of the molecule is COc1ccc(Cc2cc(C(=O)NC3CCOCC3O)nc3c(F)ccc(F)c23)cn1. The van der Waals surface area contributed by atoms with E-state index in [-0.39, 0.29) is 29.6 Å². The summed E-state index contributed by atoms with van der Waals surface area (Å²) in [6.45, 7) is 0.522. The van der Waals surface area contributed by atoms with E-state index < -0.39 is 29.7 Å². The van der Waals surface area contributed by atoms with Gasteiger partial charge in [0, 0.05) is 24.3 Å². The number of hydrogen-bond donors (Lipinski definition) is 2. The molecule has 0 saturated carbocycles. The Kier molecular flexibility index (Phi) is 6.06. The highest BCUT2D eigenvalue weighted by Crippen LogP contribution is 2.27. The van der Waals surface area contributed by atoms with Crippen LogP contribution in [0.4, 0.5) is 8.78 Å². The Morgan fingerprint density at radius 2 is 2.10 bits per heavy atom. The lowest BCUT2D eigenvalue weighted by molar-refractivity contribution is -0.0261. The number of pyridine rings is 2. The zero-order chi connectivity index (χ0) is 22.0. The minimum Gasteiger partial charge on any atom is -0.481 e. The molecule has 7 nitrogen and oxygen atoms in total. The largest absolute Gasteiger partial charge is 0.481 e. The van der Waals surface area contributed by atoms with Crippen molar-refractivity contribution in [3.63, 3.8) is 0 Å². The van der Waals surface area contributed by atoms with Crippen LogP contribution in [-0.2, 0) is 11.2 Å². The number of rotatable bonds is 5. The van der Waals surface area contributed by atoms with Gasteiger partial charge < -0.3 is 19.9 Å². The van der Waals surface area contributed by atoms with Gasteiger partial charge in [-0.25, -0.2) is 18.7 Å². The number of methoxy groups -OCH3 is 1. The summed E-state index contributed by atoms with van der Waals surface area (Å²) < 4.78 is 39.3. The first kappa shape index (κ1) is 21.1. The Balaban J connectivity index is 1.72. The van der Waals surface area contributed by atoms with Gasteiger partial charge >= 0.3 is 0 Å². The van der Waals surface area contributed by atoms with E-state index in [1.54, 1.807) is 18.3 Å². The van der Waals surface area contributed by atoms with E-state index in [4.69, 9.17) is 9.47 Å². The molecule has 1 aliphatic heterocycles. The van der Waals surface area contributed by atoms with Crippen LogP contribution >= 0.6 is 0 Å². The first-order chi connectivity index (χ1) is 15.0. The fourth-order valence-electron chi connectivity index (χ4n) is 3.59. The summed E-state index contributed by atoms with van der Waals surface area (Å²) in [4.78, 5) is 21.0. The molecule has 1 saturated heterocycles. The van der Waals surface area contributed by atoms with Crippen LogP contribution in [0.5, 0.6) is 5.88 Å². The molecular formula is C22H21F2N3O4. The number of nitrogens with one attached hydrogen (secondary N) is 1. The molecule has 0 spiro atoms. The molecule has 3 aromatic rings. The molecule has 0 radical (unpaired) electrons. The second-order valence-electron chi connectivity index (χ2n) is 7.32. The predicted octanol–water partition coefficient (Wildman–Crippen LogP) is 2.39. The van der Waals surface area contributed by atoms with Crippen molar-refractivity contribution in [2.45, 2.75) is 25.0 Å². The Morgan fingerprint density at radius 3 is 2.81 bits per heavy atom. The summed E-state index contributed by atoms with van der Waals surface area (Å²) in [5.74, 6) is -1.51. The second-order valence-corrected chi connectivity index (χ2v) is 7.32. The van der Waals surface area contributed by atoms with Crippen molar-refractivity contribution in [3.8, 4) is 5.88 Å². The summed E-state index contributed by atoms with van der Waals surface area (Å²) in [5, 5.41) is 12.7. The number of fused-ring (bicyclic) bond motifs is 1. The normalized spacial score (nSPS) is 18.7. The summed E-state index contributed by atoms with van der Waals surface area (Å²) in [6.07, 6.45) is 1.36. The fourth-order valence-corrected chi connectivity index (χ4v) is 3.59. The van der Waals surface area contributed by atoms with Crippen LogP contribution in [0.15, 0.2) is 36.5 Å². The number of carbonyl (C=O) groups is 1. The number of hydrogen-bond acceptors (Lipinski definition) is 6. The minimum absolute atomic E-state index is 0.0125. The molecule has 4 rings (SSSR count). The third kappa shape index (κ3) is 4.47. The quantitative estimate of drug-likeness (QED) is 0.647. The highest BCUT2D eigenvalue weighted by atomic mass is 19.1. The van der Waals surface area contributed by atoms with Gasteiger partial charge in [-0.15, -0.1) is 0 Å². The van der Waals surface area contributed by atoms with E-state index >= 15 is 0 Å². The lowest BCUT2D eigenvalue weighted by Crippen LogP contribution is -2.48. The van der Waals surface area contributed by atoms with Crippen LogP contribution in [0.1, 0.15) is 28.0 Å². The van der Waals surface area contributed by atoms with E-state index in [1.165, 1.54) is 13.2 Å². The molecule has 2 N–H and O–H groups in total. The molecule has 0 aliphatic carbocycles. The second kappa shape index (κ2) is 8.91. The molecule has 3 heterocycles. The molecule has 162 valence electrons. The molecule has 1 aliphatic rings. The van der Waals surface area contributed by atoms with Crippen molar-refractivity contribution in [2.75, 3.05) is 20.3 Å². The summed E-state index contributed by atoms with van der Waals surface area (Å²) in [6, 6.07) is 6.37. The predicted molar refractivity (Wildman–Crippen MR) is 108 cm³/mol. The lowest BCUT2D eigenvalue weighted by atomic mass is 10.00. The topological polar surface area (TPSA) is 93.6 Å². The number of ether oxygens (including phenoxy) is 2. The Morgan fingerprint density at radius 1 is 1.29 bits per heavy atom. The molecule has 1 amide bonds. The lowest BCUT2D eigenvalue weighted by Gasteiger charge is -2.28. The Bertz CT molecular complexity index is 1110. The molecule has 2 atom stereocenters. The van der Waals surface area contributed by atoms with Gasteiger partial charge in [-0.1, -0.05) is 6.07 Å². The monoisotopic (exact) mass is 429 g/mol. The highest BCUT2D eigenvalue weighted by molar-refractivity contribution is 5.96. The minimum atomic E-state index is -0.850. The zero-order valence-electron chi connectivity index (χ0n) is 16.8. The average Bonchev–Trinajstić information content (AvgIpc) is 2.78. The van der Waals surface area contributed by atoms with Crippen molar-refractivity contribution in [1.29, 1.82) is 0 Å². The van der Waals surface area contributed by atoms with Crippen LogP contribution in [-0.4, -0.2) is 53.5 Å². The fraction of sp³-hybridized carbons (Fsp3) is 0.318. The maximum absolute atomic E-state index is 14.6. The zero-order valence-corrected chi connectivity index (χ0v) is 16.8. The number of aliphatic hydroxyl groups excluding tert-OH is 1. The maximum Gasteiger partial charge on any atom is 0.270 e. The Labute approximate surface area is 177 Å². The molecule has 31 heavy (non-hydrogen) atoms. The summed E-state index contributed by atoms with van der Waals surface area (Å²) >= 11 is 0. The van der Waals surface area contributed by atoms with Crippen molar-refractivity contribution >= 4 is 16.8 Å². The van der Waals surface area contributed by atoms with Crippen LogP contribution in [0, 0.1) is 11.6 Å². The van der Waals surface area contributed by atoms with Gasteiger partial charge in [0.25, 0.3) is 5.91 Å². The Hall–Kier alpha value is -3.17.